The molecule has 0 bridgehead atoms. The first-order chi connectivity index (χ1) is 9.83. The predicted octanol–water partition coefficient (Wildman–Crippen LogP) is 2.32. The van der Waals surface area contributed by atoms with Crippen LogP contribution in [0.15, 0.2) is 30.3 Å². The maximum atomic E-state index is 12.0. The van der Waals surface area contributed by atoms with Crippen LogP contribution in [0.1, 0.15) is 31.2 Å². The second kappa shape index (κ2) is 6.51. The van der Waals surface area contributed by atoms with Gasteiger partial charge in [-0.15, -0.1) is 0 Å². The highest BCUT2D eigenvalue weighted by molar-refractivity contribution is 5.84. The third-order valence-corrected chi connectivity index (χ3v) is 4.62. The van der Waals surface area contributed by atoms with Crippen LogP contribution >= 0.6 is 0 Å². The number of hydrogen-bond donors (Lipinski definition) is 0. The van der Waals surface area contributed by atoms with Crippen molar-refractivity contribution in [1.82, 2.24) is 9.80 Å². The van der Waals surface area contributed by atoms with Crippen LogP contribution in [-0.4, -0.2) is 47.8 Å². The Labute approximate surface area is 121 Å². The van der Waals surface area contributed by atoms with E-state index < -0.39 is 0 Å². The Morgan fingerprint density at radius 1 is 1.00 bits per heavy atom. The molecule has 1 atom stereocenters. The van der Waals surface area contributed by atoms with Crippen LogP contribution in [0.25, 0.3) is 0 Å². The number of carbonyl (C=O) groups excluding carboxylic acids is 1. The summed E-state index contributed by atoms with van der Waals surface area (Å²) in [6, 6.07) is 10.9. The van der Waals surface area contributed by atoms with E-state index in [1.165, 1.54) is 12.0 Å². The smallest absolute Gasteiger partial charge is 0.149 e. The van der Waals surface area contributed by atoms with E-state index in [0.29, 0.717) is 5.78 Å². The van der Waals surface area contributed by atoms with Crippen molar-refractivity contribution in [2.24, 2.45) is 0 Å². The standard InChI is InChI=1S/C17H24N2O/c20-17-9-5-4-8-16(17)19-12-10-18(11-13-19)14-15-6-2-1-3-7-15/h1-3,6-7,16H,4-5,8-14H2. The van der Waals surface area contributed by atoms with E-state index in [1.54, 1.807) is 0 Å². The van der Waals surface area contributed by atoms with Gasteiger partial charge in [-0.2, -0.15) is 0 Å². The third-order valence-electron chi connectivity index (χ3n) is 4.62. The molecule has 3 heteroatoms. The van der Waals surface area contributed by atoms with Gasteiger partial charge in [-0.1, -0.05) is 36.8 Å². The first-order valence-corrected chi connectivity index (χ1v) is 7.86. The number of piperazine rings is 1. The van der Waals surface area contributed by atoms with Gasteiger partial charge in [-0.3, -0.25) is 14.6 Å². The van der Waals surface area contributed by atoms with Crippen molar-refractivity contribution in [2.75, 3.05) is 26.2 Å². The van der Waals surface area contributed by atoms with Crippen LogP contribution in [0, 0.1) is 0 Å². The number of carbonyl (C=O) groups is 1. The first kappa shape index (κ1) is 13.8. The highest BCUT2D eigenvalue weighted by Gasteiger charge is 2.30. The molecular formula is C17H24N2O. The molecule has 0 radical (unpaired) electrons. The van der Waals surface area contributed by atoms with Gasteiger partial charge in [0.1, 0.15) is 5.78 Å². The summed E-state index contributed by atoms with van der Waals surface area (Å²) < 4.78 is 0. The van der Waals surface area contributed by atoms with E-state index in [1.807, 2.05) is 0 Å². The fourth-order valence-corrected chi connectivity index (χ4v) is 3.43. The van der Waals surface area contributed by atoms with Gasteiger partial charge in [0, 0.05) is 39.1 Å². The van der Waals surface area contributed by atoms with Crippen LogP contribution in [0.4, 0.5) is 0 Å². The zero-order valence-corrected chi connectivity index (χ0v) is 12.1. The molecular weight excluding hydrogens is 248 g/mol. The number of benzene rings is 1. The maximum Gasteiger partial charge on any atom is 0.149 e. The molecule has 1 aliphatic heterocycles. The summed E-state index contributed by atoms with van der Waals surface area (Å²) in [5.74, 6) is 0.479. The Balaban J connectivity index is 1.50. The Bertz CT molecular complexity index is 438. The van der Waals surface area contributed by atoms with Crippen LogP contribution in [0.3, 0.4) is 0 Å². The fourth-order valence-electron chi connectivity index (χ4n) is 3.43. The predicted molar refractivity (Wildman–Crippen MR) is 80.6 cm³/mol. The maximum absolute atomic E-state index is 12.0. The van der Waals surface area contributed by atoms with E-state index >= 15 is 0 Å². The number of ketones is 1. The molecule has 0 amide bonds. The second-order valence-electron chi connectivity index (χ2n) is 6.03. The number of Topliss-reactive ketones (excluding diaryl/α,β-unsaturated/α-hetero) is 1. The zero-order chi connectivity index (χ0) is 13.8. The summed E-state index contributed by atoms with van der Waals surface area (Å²) in [5, 5.41) is 0. The van der Waals surface area contributed by atoms with Gasteiger partial charge in [-0.05, 0) is 18.4 Å². The highest BCUT2D eigenvalue weighted by atomic mass is 16.1. The summed E-state index contributed by atoms with van der Waals surface area (Å²) in [6.07, 6.45) is 4.20. The van der Waals surface area contributed by atoms with Crippen LogP contribution in [-0.2, 0) is 11.3 Å². The minimum Gasteiger partial charge on any atom is -0.298 e. The Morgan fingerprint density at radius 2 is 1.75 bits per heavy atom. The Hall–Kier alpha value is -1.19. The quantitative estimate of drug-likeness (QED) is 0.843. The van der Waals surface area contributed by atoms with Gasteiger partial charge < -0.3 is 0 Å². The fraction of sp³-hybridized carbons (Fsp3) is 0.588. The van der Waals surface area contributed by atoms with E-state index in [4.69, 9.17) is 0 Å². The minimum atomic E-state index is 0.225. The molecule has 1 aromatic rings. The van der Waals surface area contributed by atoms with Crippen molar-refractivity contribution >= 4 is 5.78 Å². The average Bonchev–Trinajstić information content (AvgIpc) is 2.50. The summed E-state index contributed by atoms with van der Waals surface area (Å²) in [4.78, 5) is 16.9. The SMILES string of the molecule is O=C1CCCCC1N1CCN(Cc2ccccc2)CC1. The summed E-state index contributed by atoms with van der Waals surface area (Å²) >= 11 is 0. The monoisotopic (exact) mass is 272 g/mol. The van der Waals surface area contributed by atoms with Crippen molar-refractivity contribution in [3.8, 4) is 0 Å². The Kier molecular flexibility index (Phi) is 4.48. The van der Waals surface area contributed by atoms with Gasteiger partial charge in [0.15, 0.2) is 0 Å². The molecule has 0 aromatic heterocycles. The summed E-state index contributed by atoms with van der Waals surface area (Å²) in [7, 11) is 0. The minimum absolute atomic E-state index is 0.225. The molecule has 3 rings (SSSR count). The number of nitrogens with zero attached hydrogens (tertiary/aromatic N) is 2. The van der Waals surface area contributed by atoms with E-state index in [-0.39, 0.29) is 6.04 Å². The third kappa shape index (κ3) is 3.28. The molecule has 1 saturated carbocycles. The van der Waals surface area contributed by atoms with E-state index in [2.05, 4.69) is 40.1 Å². The lowest BCUT2D eigenvalue weighted by Crippen LogP contribution is -2.53. The topological polar surface area (TPSA) is 23.6 Å². The summed E-state index contributed by atoms with van der Waals surface area (Å²) in [6.45, 7) is 5.29. The van der Waals surface area contributed by atoms with E-state index in [9.17, 15) is 4.79 Å². The van der Waals surface area contributed by atoms with Crippen molar-refractivity contribution in [2.45, 2.75) is 38.3 Å². The molecule has 0 N–H and O–H groups in total. The molecule has 3 nitrogen and oxygen atoms in total. The average molecular weight is 272 g/mol. The molecule has 108 valence electrons. The molecule has 1 heterocycles. The lowest BCUT2D eigenvalue weighted by molar-refractivity contribution is -0.127. The van der Waals surface area contributed by atoms with Crippen molar-refractivity contribution in [1.29, 1.82) is 0 Å². The molecule has 2 fully saturated rings. The number of rotatable bonds is 3. The zero-order valence-electron chi connectivity index (χ0n) is 12.1. The number of hydrogen-bond acceptors (Lipinski definition) is 3. The first-order valence-electron chi connectivity index (χ1n) is 7.86. The molecule has 2 aliphatic rings. The van der Waals surface area contributed by atoms with Crippen molar-refractivity contribution in [3.05, 3.63) is 35.9 Å². The summed E-state index contributed by atoms with van der Waals surface area (Å²) in [5.41, 5.74) is 1.38. The van der Waals surface area contributed by atoms with E-state index in [0.717, 1.165) is 52.0 Å². The Morgan fingerprint density at radius 3 is 2.45 bits per heavy atom. The van der Waals surface area contributed by atoms with Gasteiger partial charge in [0.2, 0.25) is 0 Å². The molecule has 1 unspecified atom stereocenters. The lowest BCUT2D eigenvalue weighted by Gasteiger charge is -2.39. The van der Waals surface area contributed by atoms with Crippen LogP contribution in [0.2, 0.25) is 0 Å². The van der Waals surface area contributed by atoms with Gasteiger partial charge in [0.05, 0.1) is 6.04 Å². The van der Waals surface area contributed by atoms with Crippen molar-refractivity contribution in [3.63, 3.8) is 0 Å². The van der Waals surface area contributed by atoms with Crippen molar-refractivity contribution < 1.29 is 4.79 Å². The highest BCUT2D eigenvalue weighted by Crippen LogP contribution is 2.21. The van der Waals surface area contributed by atoms with Gasteiger partial charge in [-0.25, -0.2) is 0 Å². The van der Waals surface area contributed by atoms with Gasteiger partial charge in [0.25, 0.3) is 0 Å². The normalized spacial score (nSPS) is 25.8. The van der Waals surface area contributed by atoms with Crippen LogP contribution in [0.5, 0.6) is 0 Å². The molecule has 1 saturated heterocycles. The second-order valence-corrected chi connectivity index (χ2v) is 6.03. The molecule has 20 heavy (non-hydrogen) atoms. The van der Waals surface area contributed by atoms with Gasteiger partial charge >= 0.3 is 0 Å². The lowest BCUT2D eigenvalue weighted by atomic mass is 9.92. The molecule has 0 spiro atoms. The molecule has 1 aromatic carbocycles. The molecule has 1 aliphatic carbocycles. The van der Waals surface area contributed by atoms with Crippen LogP contribution < -0.4 is 0 Å². The largest absolute Gasteiger partial charge is 0.298 e.